The van der Waals surface area contributed by atoms with Crippen molar-refractivity contribution in [2.45, 2.75) is 56.3 Å². The van der Waals surface area contributed by atoms with Crippen LogP contribution in [0.25, 0.3) is 0 Å². The van der Waals surface area contributed by atoms with Crippen LogP contribution in [-0.4, -0.2) is 22.8 Å². The lowest BCUT2D eigenvalue weighted by atomic mass is 9.92. The van der Waals surface area contributed by atoms with Crippen LogP contribution in [0.15, 0.2) is 9.72 Å². The molecule has 19 heavy (non-hydrogen) atoms. The zero-order valence-electron chi connectivity index (χ0n) is 12.0. The fourth-order valence-electron chi connectivity index (χ4n) is 1.86. The van der Waals surface area contributed by atoms with Crippen LogP contribution in [-0.2, 0) is 0 Å². The van der Waals surface area contributed by atoms with Crippen molar-refractivity contribution in [3.05, 3.63) is 11.1 Å². The summed E-state index contributed by atoms with van der Waals surface area (Å²) in [5.74, 6) is 1.03. The van der Waals surface area contributed by atoms with Gasteiger partial charge in [0.25, 0.3) is 0 Å². The second-order valence-electron chi connectivity index (χ2n) is 4.68. The highest BCUT2D eigenvalue weighted by Gasteiger charge is 2.26. The lowest BCUT2D eigenvalue weighted by Crippen LogP contribution is -2.43. The van der Waals surface area contributed by atoms with Gasteiger partial charge in [-0.25, -0.2) is 4.98 Å². The van der Waals surface area contributed by atoms with Gasteiger partial charge in [0.15, 0.2) is 0 Å². The van der Waals surface area contributed by atoms with Gasteiger partial charge >= 0.3 is 0 Å². The molecule has 0 aliphatic heterocycles. The van der Waals surface area contributed by atoms with E-state index in [1.807, 2.05) is 6.92 Å². The number of aryl methyl sites for hydroxylation is 1. The highest BCUT2D eigenvalue weighted by molar-refractivity contribution is 8.00. The highest BCUT2D eigenvalue weighted by Crippen LogP contribution is 2.25. The molecule has 1 aromatic heterocycles. The van der Waals surface area contributed by atoms with Crippen LogP contribution < -0.4 is 5.32 Å². The molecule has 5 heteroatoms. The summed E-state index contributed by atoms with van der Waals surface area (Å²) in [7, 11) is 0. The smallest absolute Gasteiger partial charge is 0.150 e. The third kappa shape index (κ3) is 5.52. The van der Waals surface area contributed by atoms with E-state index in [1.54, 1.807) is 23.1 Å². The Balaban J connectivity index is 2.34. The van der Waals surface area contributed by atoms with Gasteiger partial charge in [-0.2, -0.15) is 5.26 Å². The lowest BCUT2D eigenvalue weighted by molar-refractivity contribution is 0.371. The Labute approximate surface area is 124 Å². The molecule has 0 saturated heterocycles. The van der Waals surface area contributed by atoms with Crippen molar-refractivity contribution >= 4 is 23.1 Å². The van der Waals surface area contributed by atoms with E-state index in [4.69, 9.17) is 0 Å². The molecule has 0 bridgehead atoms. The van der Waals surface area contributed by atoms with E-state index in [0.717, 1.165) is 48.0 Å². The Bertz CT molecular complexity index is 411. The normalized spacial score (nSPS) is 14.0. The number of hydrogen-bond acceptors (Lipinski definition) is 5. The van der Waals surface area contributed by atoms with Crippen molar-refractivity contribution in [2.75, 3.05) is 12.3 Å². The minimum atomic E-state index is -0.338. The molecular weight excluding hydrogens is 274 g/mol. The second-order valence-corrected chi connectivity index (χ2v) is 6.88. The van der Waals surface area contributed by atoms with Crippen LogP contribution in [0.4, 0.5) is 0 Å². The maximum Gasteiger partial charge on any atom is 0.150 e. The van der Waals surface area contributed by atoms with Crippen molar-refractivity contribution in [1.82, 2.24) is 10.3 Å². The molecule has 0 spiro atoms. The number of rotatable bonds is 9. The number of nitrogens with zero attached hydrogens (tertiary/aromatic N) is 2. The number of hydrogen-bond donors (Lipinski definition) is 1. The van der Waals surface area contributed by atoms with Crippen molar-refractivity contribution in [1.29, 1.82) is 5.26 Å². The Morgan fingerprint density at radius 3 is 2.84 bits per heavy atom. The standard InChI is InChI=1S/C14H23N3S2/c1-4-8-16-14(5-2,11-15)7-6-9-18-13-17-12(3)10-19-13/h10,16H,4-9H2,1-3H3. The van der Waals surface area contributed by atoms with Gasteiger partial charge in [-0.1, -0.05) is 25.6 Å². The molecule has 0 amide bonds. The zero-order chi connectivity index (χ0) is 14.1. The molecular formula is C14H23N3S2. The summed E-state index contributed by atoms with van der Waals surface area (Å²) in [5.41, 5.74) is 0.757. The third-order valence-corrected chi connectivity index (χ3v) is 5.33. The van der Waals surface area contributed by atoms with Gasteiger partial charge < -0.3 is 0 Å². The summed E-state index contributed by atoms with van der Waals surface area (Å²) in [5, 5.41) is 14.9. The highest BCUT2D eigenvalue weighted by atomic mass is 32.2. The molecule has 0 aliphatic rings. The molecule has 0 fully saturated rings. The van der Waals surface area contributed by atoms with Crippen LogP contribution in [0, 0.1) is 18.3 Å². The van der Waals surface area contributed by atoms with Crippen LogP contribution in [0.2, 0.25) is 0 Å². The molecule has 0 radical (unpaired) electrons. The molecule has 1 aromatic rings. The summed E-state index contributed by atoms with van der Waals surface area (Å²) < 4.78 is 1.14. The van der Waals surface area contributed by atoms with Crippen LogP contribution in [0.3, 0.4) is 0 Å². The molecule has 0 aliphatic carbocycles. The predicted octanol–water partition coefficient (Wildman–Crippen LogP) is 4.00. The quantitative estimate of drug-likeness (QED) is 0.553. The minimum Gasteiger partial charge on any atom is -0.299 e. The molecule has 3 nitrogen and oxygen atoms in total. The lowest BCUT2D eigenvalue weighted by Gasteiger charge is -2.26. The molecule has 0 aromatic carbocycles. The van der Waals surface area contributed by atoms with E-state index in [1.165, 1.54) is 0 Å². The number of nitriles is 1. The van der Waals surface area contributed by atoms with Crippen LogP contribution >= 0.6 is 23.1 Å². The first-order chi connectivity index (χ1) is 9.15. The molecule has 1 heterocycles. The van der Waals surface area contributed by atoms with Crippen molar-refractivity contribution in [3.63, 3.8) is 0 Å². The van der Waals surface area contributed by atoms with Crippen LogP contribution in [0.5, 0.6) is 0 Å². The van der Waals surface area contributed by atoms with Crippen molar-refractivity contribution < 1.29 is 0 Å². The van der Waals surface area contributed by atoms with E-state index in [9.17, 15) is 5.26 Å². The Kier molecular flexibility index (Phi) is 7.44. The van der Waals surface area contributed by atoms with Gasteiger partial charge in [0.05, 0.1) is 6.07 Å². The van der Waals surface area contributed by atoms with Crippen LogP contribution in [0.1, 0.15) is 45.2 Å². The fraction of sp³-hybridized carbons (Fsp3) is 0.714. The van der Waals surface area contributed by atoms with E-state index in [0.29, 0.717) is 0 Å². The Morgan fingerprint density at radius 2 is 2.32 bits per heavy atom. The van der Waals surface area contributed by atoms with Gasteiger partial charge in [-0.3, -0.25) is 5.32 Å². The largest absolute Gasteiger partial charge is 0.299 e. The molecule has 1 rings (SSSR count). The first-order valence-corrected chi connectivity index (χ1v) is 8.73. The zero-order valence-corrected chi connectivity index (χ0v) is 13.7. The summed E-state index contributed by atoms with van der Waals surface area (Å²) in [6.45, 7) is 7.15. The number of nitrogens with one attached hydrogen (secondary N) is 1. The van der Waals surface area contributed by atoms with E-state index in [2.05, 4.69) is 35.6 Å². The summed E-state index contributed by atoms with van der Waals surface area (Å²) in [4.78, 5) is 4.44. The van der Waals surface area contributed by atoms with Gasteiger partial charge in [0.1, 0.15) is 9.88 Å². The predicted molar refractivity (Wildman–Crippen MR) is 83.7 cm³/mol. The molecule has 1 unspecified atom stereocenters. The number of aromatic nitrogens is 1. The van der Waals surface area contributed by atoms with E-state index < -0.39 is 0 Å². The van der Waals surface area contributed by atoms with Gasteiger partial charge in [0, 0.05) is 16.8 Å². The van der Waals surface area contributed by atoms with Crippen molar-refractivity contribution in [3.8, 4) is 6.07 Å². The maximum atomic E-state index is 9.39. The maximum absolute atomic E-state index is 9.39. The monoisotopic (exact) mass is 297 g/mol. The van der Waals surface area contributed by atoms with Crippen molar-refractivity contribution in [2.24, 2.45) is 0 Å². The number of thioether (sulfide) groups is 1. The average Bonchev–Trinajstić information content (AvgIpc) is 2.84. The molecule has 106 valence electrons. The third-order valence-electron chi connectivity index (χ3n) is 3.10. The SMILES string of the molecule is CCCNC(C#N)(CC)CCCSc1nc(C)cs1. The van der Waals surface area contributed by atoms with Gasteiger partial charge in [0.2, 0.25) is 0 Å². The summed E-state index contributed by atoms with van der Waals surface area (Å²) in [6, 6.07) is 2.47. The minimum absolute atomic E-state index is 0.338. The molecule has 1 atom stereocenters. The van der Waals surface area contributed by atoms with E-state index in [-0.39, 0.29) is 5.54 Å². The first-order valence-electron chi connectivity index (χ1n) is 6.87. The number of thiazole rings is 1. The second kappa shape index (κ2) is 8.57. The van der Waals surface area contributed by atoms with Gasteiger partial charge in [-0.15, -0.1) is 11.3 Å². The topological polar surface area (TPSA) is 48.7 Å². The fourth-order valence-corrected chi connectivity index (χ4v) is 3.72. The summed E-state index contributed by atoms with van der Waals surface area (Å²) in [6.07, 6.45) is 3.89. The summed E-state index contributed by atoms with van der Waals surface area (Å²) >= 11 is 3.50. The van der Waals surface area contributed by atoms with E-state index >= 15 is 0 Å². The Hall–Kier alpha value is -0.570. The molecule has 0 saturated carbocycles. The average molecular weight is 297 g/mol. The Morgan fingerprint density at radius 1 is 1.53 bits per heavy atom. The van der Waals surface area contributed by atoms with Gasteiger partial charge in [-0.05, 0) is 39.2 Å². The molecule has 1 N–H and O–H groups in total. The first kappa shape index (κ1) is 16.5.